The summed E-state index contributed by atoms with van der Waals surface area (Å²) in [6, 6.07) is 19.8. The summed E-state index contributed by atoms with van der Waals surface area (Å²) in [4.78, 5) is 66.9. The number of nitrogens with zero attached hydrogens (tertiary/aromatic N) is 2. The summed E-state index contributed by atoms with van der Waals surface area (Å²) >= 11 is 6.23. The number of nitriles is 1. The van der Waals surface area contributed by atoms with E-state index in [0.29, 0.717) is 53.5 Å². The molecule has 0 bridgehead atoms. The van der Waals surface area contributed by atoms with Crippen LogP contribution in [-0.4, -0.2) is 92.0 Å². The quantitative estimate of drug-likeness (QED) is 0.0824. The van der Waals surface area contributed by atoms with E-state index in [1.807, 2.05) is 32.9 Å². The molecule has 5 N–H and O–H groups in total. The van der Waals surface area contributed by atoms with E-state index in [4.69, 9.17) is 21.1 Å². The predicted octanol–water partition coefficient (Wildman–Crippen LogP) is 6.62. The number of benzene rings is 3. The minimum atomic E-state index is -0.846. The van der Waals surface area contributed by atoms with Gasteiger partial charge in [0.1, 0.15) is 36.6 Å². The number of ether oxygens (including phenoxy) is 2. The third kappa shape index (κ3) is 12.1. The lowest BCUT2D eigenvalue weighted by molar-refractivity contribution is -0.164. The van der Waals surface area contributed by atoms with Gasteiger partial charge >= 0.3 is 0 Å². The highest BCUT2D eigenvalue weighted by atomic mass is 35.5. The van der Waals surface area contributed by atoms with Gasteiger partial charge in [-0.15, -0.1) is 0 Å². The Morgan fingerprint density at radius 2 is 1.56 bits per heavy atom. The molecule has 1 aliphatic heterocycles. The highest BCUT2D eigenvalue weighted by Gasteiger charge is 2.64. The van der Waals surface area contributed by atoms with Crippen LogP contribution in [0.2, 0.25) is 5.02 Å². The molecule has 1 saturated carbocycles. The molecule has 1 aliphatic carbocycles. The Morgan fingerprint density at radius 3 is 2.19 bits per heavy atom. The van der Waals surface area contributed by atoms with Gasteiger partial charge in [-0.1, -0.05) is 72.2 Å². The molecule has 5 rings (SSSR count). The van der Waals surface area contributed by atoms with Crippen LogP contribution in [0.1, 0.15) is 112 Å². The smallest absolute Gasteiger partial charge is 0.251 e. The number of anilines is 1. The Kier molecular flexibility index (Phi) is 16.5. The fraction of sp³-hybridized carbons (Fsp3) is 0.510. The molecular weight excluding hydrogens is 834 g/mol. The van der Waals surface area contributed by atoms with Gasteiger partial charge in [0.25, 0.3) is 11.8 Å². The number of rotatable bonds is 19. The average Bonchev–Trinajstić information content (AvgIpc) is 3.76. The van der Waals surface area contributed by atoms with Crippen LogP contribution < -0.4 is 31.3 Å². The highest BCUT2D eigenvalue weighted by molar-refractivity contribution is 6.31. The molecule has 1 heterocycles. The van der Waals surface area contributed by atoms with E-state index in [0.717, 1.165) is 37.1 Å². The van der Waals surface area contributed by atoms with E-state index in [2.05, 4.69) is 60.3 Å². The van der Waals surface area contributed by atoms with Gasteiger partial charge in [0.05, 0.1) is 10.6 Å². The van der Waals surface area contributed by atoms with Crippen LogP contribution in [0.15, 0.2) is 66.7 Å². The summed E-state index contributed by atoms with van der Waals surface area (Å²) in [5.41, 5.74) is 1.84. The number of nitrogens with one attached hydrogen (secondary N) is 5. The maximum absolute atomic E-state index is 13.9. The minimum Gasteiger partial charge on any atom is -0.489 e. The van der Waals surface area contributed by atoms with Gasteiger partial charge in [-0.05, 0) is 91.6 Å². The van der Waals surface area contributed by atoms with Crippen molar-refractivity contribution in [2.75, 3.05) is 38.7 Å². The normalized spacial score (nSPS) is 19.0. The molecule has 2 atom stereocenters. The van der Waals surface area contributed by atoms with Crippen molar-refractivity contribution < 1.29 is 33.4 Å². The van der Waals surface area contributed by atoms with Crippen LogP contribution in [0.5, 0.6) is 5.75 Å². The van der Waals surface area contributed by atoms with E-state index in [9.17, 15) is 29.2 Å². The molecule has 3 aromatic carbocycles. The number of unbranched alkanes of at least 4 members (excludes halogenated alkanes) is 2. The van der Waals surface area contributed by atoms with E-state index in [-0.39, 0.29) is 59.8 Å². The molecule has 344 valence electrons. The van der Waals surface area contributed by atoms with Gasteiger partial charge < -0.3 is 41.0 Å². The van der Waals surface area contributed by atoms with Crippen molar-refractivity contribution >= 4 is 46.8 Å². The fourth-order valence-corrected chi connectivity index (χ4v) is 9.21. The summed E-state index contributed by atoms with van der Waals surface area (Å²) in [7, 11) is 1.57. The molecule has 5 amide bonds. The zero-order valence-corrected chi connectivity index (χ0v) is 39.1. The monoisotopic (exact) mass is 897 g/mol. The molecule has 0 radical (unpaired) electrons. The van der Waals surface area contributed by atoms with Gasteiger partial charge in [-0.3, -0.25) is 24.0 Å². The third-order valence-electron chi connectivity index (χ3n) is 12.3. The molecule has 3 aromatic rings. The Hall–Kier alpha value is -5.65. The van der Waals surface area contributed by atoms with Crippen LogP contribution in [0.4, 0.5) is 5.69 Å². The second-order valence-electron chi connectivity index (χ2n) is 19.0. The summed E-state index contributed by atoms with van der Waals surface area (Å²) in [5.74, 6) is -0.718. The molecule has 1 unspecified atom stereocenters. The fourth-order valence-electron chi connectivity index (χ4n) is 9.00. The largest absolute Gasteiger partial charge is 0.489 e. The van der Waals surface area contributed by atoms with Crippen LogP contribution in [0, 0.1) is 27.6 Å². The molecule has 1 saturated heterocycles. The summed E-state index contributed by atoms with van der Waals surface area (Å²) < 4.78 is 12.0. The molecular formula is C49H64ClN7O7. The van der Waals surface area contributed by atoms with Crippen molar-refractivity contribution in [1.29, 1.82) is 5.26 Å². The van der Waals surface area contributed by atoms with Crippen molar-refractivity contribution in [3.63, 3.8) is 0 Å². The first-order valence-electron chi connectivity index (χ1n) is 22.0. The van der Waals surface area contributed by atoms with Gasteiger partial charge in [0, 0.05) is 73.0 Å². The van der Waals surface area contributed by atoms with Crippen LogP contribution in [0.3, 0.4) is 0 Å². The van der Waals surface area contributed by atoms with Crippen molar-refractivity contribution in [2.45, 2.75) is 111 Å². The van der Waals surface area contributed by atoms with Crippen LogP contribution >= 0.6 is 11.6 Å². The minimum absolute atomic E-state index is 0.150. The molecule has 15 heteroatoms. The number of carbonyl (C=O) groups is 5. The third-order valence-corrected chi connectivity index (χ3v) is 12.6. The van der Waals surface area contributed by atoms with Crippen LogP contribution in [0.25, 0.3) is 0 Å². The number of hydrogen-bond donors (Lipinski definition) is 5. The van der Waals surface area contributed by atoms with Crippen molar-refractivity contribution in [2.24, 2.45) is 16.2 Å². The molecule has 0 aromatic heterocycles. The number of halogens is 1. The first-order chi connectivity index (χ1) is 30.3. The zero-order valence-electron chi connectivity index (χ0n) is 38.4. The number of hydrogen-bond acceptors (Lipinski definition) is 9. The van der Waals surface area contributed by atoms with Crippen molar-refractivity contribution in [3.05, 3.63) is 94.0 Å². The Labute approximate surface area is 382 Å². The predicted molar refractivity (Wildman–Crippen MR) is 247 cm³/mol. The first-order valence-corrected chi connectivity index (χ1v) is 22.4. The standard InChI is InChI=1S/C49H64ClN7O7/c1-47(2,3)40(44(62)57-25-12-13-38(57)43(61)54-29-31-14-16-32(17-15-31)41(59)52-8)55-39(58)30-63-26-11-9-10-24-53-35-21-18-33(19-22-35)42(60)56-45-48(4,5)46(49(45,6)7)64-36-23-20-34(28-51)37(50)27-36/h14-23,27,38,40,45-46,53H,9-13,24-26,29-30H2,1-8H3,(H,52,59)(H,54,61)(H,55,58)(H,56,60)/t38-,40?,45?,46?/m0/s1. The average molecular weight is 899 g/mol. The molecule has 64 heavy (non-hydrogen) atoms. The molecule has 14 nitrogen and oxygen atoms in total. The summed E-state index contributed by atoms with van der Waals surface area (Å²) in [6.45, 7) is 15.5. The topological polar surface area (TPSA) is 191 Å². The second-order valence-corrected chi connectivity index (χ2v) is 19.4. The molecule has 2 fully saturated rings. The van der Waals surface area contributed by atoms with Crippen LogP contribution in [-0.2, 0) is 25.7 Å². The Bertz CT molecular complexity index is 2160. The summed E-state index contributed by atoms with van der Waals surface area (Å²) in [5, 5.41) is 24.5. The zero-order chi connectivity index (χ0) is 46.8. The Balaban J connectivity index is 0.981. The lowest BCUT2D eigenvalue weighted by Crippen LogP contribution is -2.74. The van der Waals surface area contributed by atoms with E-state index in [1.54, 1.807) is 66.5 Å². The lowest BCUT2D eigenvalue weighted by Gasteiger charge is -2.63. The number of carbonyl (C=O) groups excluding carboxylic acids is 5. The van der Waals surface area contributed by atoms with E-state index in [1.165, 1.54) is 0 Å². The first kappa shape index (κ1) is 49.4. The van der Waals surface area contributed by atoms with Gasteiger partial charge in [-0.25, -0.2) is 0 Å². The SMILES string of the molecule is CNC(=O)c1ccc(CNC(=O)[C@@H]2CCCN2C(=O)C(NC(=O)COCCCCCNc2ccc(C(=O)NC3C(C)(C)C(Oc4ccc(C#N)c(Cl)c4)C3(C)C)cc2)C(C)(C)C)cc1. The maximum Gasteiger partial charge on any atom is 0.251 e. The Morgan fingerprint density at radius 1 is 0.906 bits per heavy atom. The van der Waals surface area contributed by atoms with Crippen molar-refractivity contribution in [3.8, 4) is 11.8 Å². The second kappa shape index (κ2) is 21.4. The lowest BCUT2D eigenvalue weighted by atomic mass is 9.49. The van der Waals surface area contributed by atoms with E-state index >= 15 is 0 Å². The number of amides is 5. The molecule has 0 spiro atoms. The number of likely N-dealkylation sites (tertiary alicyclic amines) is 1. The summed E-state index contributed by atoms with van der Waals surface area (Å²) in [6.07, 6.45) is 3.49. The van der Waals surface area contributed by atoms with Crippen molar-refractivity contribution in [1.82, 2.24) is 26.2 Å². The van der Waals surface area contributed by atoms with Gasteiger partial charge in [0.2, 0.25) is 17.7 Å². The van der Waals surface area contributed by atoms with Gasteiger partial charge in [0.15, 0.2) is 0 Å². The van der Waals surface area contributed by atoms with E-state index < -0.39 is 23.4 Å². The molecule has 2 aliphatic rings. The van der Waals surface area contributed by atoms with Gasteiger partial charge in [-0.2, -0.15) is 5.26 Å². The highest BCUT2D eigenvalue weighted by Crippen LogP contribution is 2.55. The maximum atomic E-state index is 13.9.